The number of nitrogens with two attached hydrogens (primary N) is 1. The van der Waals surface area contributed by atoms with Crippen LogP contribution in [0.1, 0.15) is 24.0 Å². The van der Waals surface area contributed by atoms with Crippen molar-refractivity contribution in [1.82, 2.24) is 4.90 Å². The Bertz CT molecular complexity index is 469. The van der Waals surface area contributed by atoms with Crippen LogP contribution in [0.15, 0.2) is 22.7 Å². The van der Waals surface area contributed by atoms with Gasteiger partial charge in [-0.2, -0.15) is 0 Å². The van der Waals surface area contributed by atoms with E-state index in [1.807, 2.05) is 18.0 Å². The van der Waals surface area contributed by atoms with Gasteiger partial charge in [0.25, 0.3) is 0 Å². The number of rotatable bonds is 4. The van der Waals surface area contributed by atoms with Crippen molar-refractivity contribution < 1.29 is 4.79 Å². The van der Waals surface area contributed by atoms with Crippen LogP contribution >= 0.6 is 15.9 Å². The summed E-state index contributed by atoms with van der Waals surface area (Å²) >= 11 is 3.49. The van der Waals surface area contributed by atoms with E-state index in [2.05, 4.69) is 35.0 Å². The molecule has 4 heteroatoms. The Morgan fingerprint density at radius 2 is 2.16 bits per heavy atom. The molecule has 1 aliphatic carbocycles. The van der Waals surface area contributed by atoms with Gasteiger partial charge in [-0.25, -0.2) is 0 Å². The third-order valence-corrected chi connectivity index (χ3v) is 4.42. The number of carbonyl (C=O) groups is 1. The molecule has 0 saturated heterocycles. The van der Waals surface area contributed by atoms with Gasteiger partial charge in [0.1, 0.15) is 0 Å². The Balaban J connectivity index is 1.87. The Hall–Kier alpha value is -0.870. The molecule has 0 heterocycles. The van der Waals surface area contributed by atoms with Gasteiger partial charge in [0.05, 0.1) is 0 Å². The first-order valence-corrected chi connectivity index (χ1v) is 7.52. The molecular formula is C15H21BrN2O. The molecule has 0 radical (unpaired) electrons. The molecule has 2 N–H and O–H groups in total. The van der Waals surface area contributed by atoms with Crippen molar-refractivity contribution in [2.75, 3.05) is 13.6 Å². The number of carbonyl (C=O) groups excluding carboxylic acids is 1. The number of hydrogen-bond donors (Lipinski definition) is 1. The van der Waals surface area contributed by atoms with Crippen LogP contribution in [-0.2, 0) is 11.2 Å². The van der Waals surface area contributed by atoms with Gasteiger partial charge in [0.15, 0.2) is 0 Å². The third kappa shape index (κ3) is 3.57. The van der Waals surface area contributed by atoms with E-state index in [4.69, 9.17) is 5.73 Å². The van der Waals surface area contributed by atoms with E-state index in [0.29, 0.717) is 0 Å². The molecule has 1 aromatic carbocycles. The van der Waals surface area contributed by atoms with E-state index in [1.165, 1.54) is 11.1 Å². The van der Waals surface area contributed by atoms with Gasteiger partial charge in [-0.15, -0.1) is 0 Å². The van der Waals surface area contributed by atoms with Crippen LogP contribution in [0.4, 0.5) is 0 Å². The first-order chi connectivity index (χ1) is 8.97. The second-order valence-electron chi connectivity index (χ2n) is 5.51. The largest absolute Gasteiger partial charge is 0.345 e. The Morgan fingerprint density at radius 3 is 2.79 bits per heavy atom. The quantitative estimate of drug-likeness (QED) is 0.924. The topological polar surface area (TPSA) is 46.3 Å². The highest BCUT2D eigenvalue weighted by molar-refractivity contribution is 9.10. The van der Waals surface area contributed by atoms with Crippen LogP contribution in [-0.4, -0.2) is 30.4 Å². The second-order valence-corrected chi connectivity index (χ2v) is 6.42. The van der Waals surface area contributed by atoms with E-state index in [-0.39, 0.29) is 17.9 Å². The SMILES string of the molecule is Cc1ccc(Br)cc1CCN(C)C(=O)C1CC(N)C1. The van der Waals surface area contributed by atoms with Crippen molar-refractivity contribution in [2.45, 2.75) is 32.2 Å². The lowest BCUT2D eigenvalue weighted by Gasteiger charge is -2.34. The van der Waals surface area contributed by atoms with Crippen molar-refractivity contribution in [3.8, 4) is 0 Å². The zero-order valence-electron chi connectivity index (χ0n) is 11.5. The Morgan fingerprint density at radius 1 is 1.47 bits per heavy atom. The molecule has 2 rings (SSSR count). The summed E-state index contributed by atoms with van der Waals surface area (Å²) in [6, 6.07) is 6.51. The molecule has 19 heavy (non-hydrogen) atoms. The van der Waals surface area contributed by atoms with Gasteiger partial charge in [0, 0.05) is 30.0 Å². The maximum Gasteiger partial charge on any atom is 0.225 e. The van der Waals surface area contributed by atoms with E-state index in [9.17, 15) is 4.79 Å². The van der Waals surface area contributed by atoms with E-state index in [0.717, 1.165) is 30.3 Å². The highest BCUT2D eigenvalue weighted by atomic mass is 79.9. The normalized spacial score (nSPS) is 21.9. The average Bonchev–Trinajstić information content (AvgIpc) is 2.35. The van der Waals surface area contributed by atoms with E-state index < -0.39 is 0 Å². The van der Waals surface area contributed by atoms with Gasteiger partial charge >= 0.3 is 0 Å². The molecule has 1 fully saturated rings. The minimum absolute atomic E-state index is 0.156. The lowest BCUT2D eigenvalue weighted by Crippen LogP contribution is -2.46. The summed E-state index contributed by atoms with van der Waals surface area (Å²) in [6.45, 7) is 2.87. The highest BCUT2D eigenvalue weighted by Crippen LogP contribution is 2.27. The number of benzene rings is 1. The minimum Gasteiger partial charge on any atom is -0.345 e. The number of nitrogens with zero attached hydrogens (tertiary/aromatic N) is 1. The molecule has 104 valence electrons. The maximum atomic E-state index is 12.1. The summed E-state index contributed by atoms with van der Waals surface area (Å²) in [5.41, 5.74) is 8.30. The maximum absolute atomic E-state index is 12.1. The van der Waals surface area contributed by atoms with Crippen LogP contribution < -0.4 is 5.73 Å². The van der Waals surface area contributed by atoms with Gasteiger partial charge < -0.3 is 10.6 Å². The minimum atomic E-state index is 0.156. The molecule has 3 nitrogen and oxygen atoms in total. The molecule has 0 spiro atoms. The number of amides is 1. The second kappa shape index (κ2) is 6.06. The zero-order chi connectivity index (χ0) is 14.0. The third-order valence-electron chi connectivity index (χ3n) is 3.93. The number of likely N-dealkylation sites (N-methyl/N-ethyl adjacent to an activating group) is 1. The van der Waals surface area contributed by atoms with Crippen LogP contribution in [0.25, 0.3) is 0 Å². The average molecular weight is 325 g/mol. The number of hydrogen-bond acceptors (Lipinski definition) is 2. The number of halogens is 1. The van der Waals surface area contributed by atoms with Gasteiger partial charge in [-0.1, -0.05) is 22.0 Å². The molecule has 1 saturated carbocycles. The van der Waals surface area contributed by atoms with Crippen molar-refractivity contribution in [3.05, 3.63) is 33.8 Å². The predicted molar refractivity (Wildman–Crippen MR) is 80.9 cm³/mol. The molecule has 1 aromatic rings. The summed E-state index contributed by atoms with van der Waals surface area (Å²) in [5, 5.41) is 0. The fraction of sp³-hybridized carbons (Fsp3) is 0.533. The molecule has 1 aliphatic rings. The van der Waals surface area contributed by atoms with Crippen LogP contribution in [0.5, 0.6) is 0 Å². The van der Waals surface area contributed by atoms with E-state index in [1.54, 1.807) is 0 Å². The monoisotopic (exact) mass is 324 g/mol. The highest BCUT2D eigenvalue weighted by Gasteiger charge is 2.33. The molecule has 0 aromatic heterocycles. The molecule has 0 atom stereocenters. The van der Waals surface area contributed by atoms with Crippen molar-refractivity contribution >= 4 is 21.8 Å². The molecule has 0 unspecified atom stereocenters. The fourth-order valence-electron chi connectivity index (χ4n) is 2.48. The summed E-state index contributed by atoms with van der Waals surface area (Å²) in [6.07, 6.45) is 2.59. The fourth-order valence-corrected chi connectivity index (χ4v) is 2.89. The Labute approximate surface area is 123 Å². The zero-order valence-corrected chi connectivity index (χ0v) is 13.1. The van der Waals surface area contributed by atoms with Crippen molar-refractivity contribution in [3.63, 3.8) is 0 Å². The van der Waals surface area contributed by atoms with E-state index >= 15 is 0 Å². The molecule has 0 aliphatic heterocycles. The molecular weight excluding hydrogens is 304 g/mol. The first-order valence-electron chi connectivity index (χ1n) is 6.73. The summed E-state index contributed by atoms with van der Waals surface area (Å²) in [5.74, 6) is 0.401. The Kier molecular flexibility index (Phi) is 4.63. The van der Waals surface area contributed by atoms with Crippen LogP contribution in [0, 0.1) is 12.8 Å². The molecule has 0 bridgehead atoms. The number of aryl methyl sites for hydroxylation is 1. The standard InChI is InChI=1S/C15H21BrN2O/c1-10-3-4-13(16)7-11(10)5-6-18(2)15(19)12-8-14(17)9-12/h3-4,7,12,14H,5-6,8-9,17H2,1-2H3. The van der Waals surface area contributed by atoms with Gasteiger partial charge in [-0.05, 0) is 49.4 Å². The summed E-state index contributed by atoms with van der Waals surface area (Å²) in [7, 11) is 1.89. The van der Waals surface area contributed by atoms with Crippen LogP contribution in [0.3, 0.4) is 0 Å². The smallest absolute Gasteiger partial charge is 0.225 e. The van der Waals surface area contributed by atoms with Crippen molar-refractivity contribution in [2.24, 2.45) is 11.7 Å². The van der Waals surface area contributed by atoms with Gasteiger partial charge in [0.2, 0.25) is 5.91 Å². The van der Waals surface area contributed by atoms with Crippen molar-refractivity contribution in [1.29, 1.82) is 0 Å². The lowest BCUT2D eigenvalue weighted by atomic mass is 9.80. The summed E-state index contributed by atoms with van der Waals surface area (Å²) in [4.78, 5) is 13.9. The first kappa shape index (κ1) is 14.5. The summed E-state index contributed by atoms with van der Waals surface area (Å²) < 4.78 is 1.09. The molecule has 1 amide bonds. The predicted octanol–water partition coefficient (Wildman–Crippen LogP) is 2.50. The lowest BCUT2D eigenvalue weighted by molar-refractivity contribution is -0.137. The van der Waals surface area contributed by atoms with Crippen LogP contribution in [0.2, 0.25) is 0 Å². The van der Waals surface area contributed by atoms with Gasteiger partial charge in [-0.3, -0.25) is 4.79 Å².